The summed E-state index contributed by atoms with van der Waals surface area (Å²) in [6, 6.07) is -0.384. The van der Waals surface area contributed by atoms with Crippen LogP contribution in [0.15, 0.2) is 0 Å². The molecule has 0 aromatic rings. The Labute approximate surface area is 111 Å². The molecule has 2 aliphatic heterocycles. The van der Waals surface area contributed by atoms with Gasteiger partial charge in [-0.15, -0.1) is 0 Å². The van der Waals surface area contributed by atoms with E-state index in [2.05, 4.69) is 0 Å². The van der Waals surface area contributed by atoms with Crippen molar-refractivity contribution in [3.8, 4) is 0 Å². The summed E-state index contributed by atoms with van der Waals surface area (Å²) in [6.45, 7) is 1.46. The van der Waals surface area contributed by atoms with Gasteiger partial charge in [0.1, 0.15) is 0 Å². The number of carboxylic acid groups (broad SMARTS) is 1. The van der Waals surface area contributed by atoms with Crippen LogP contribution >= 0.6 is 0 Å². The molecule has 0 aromatic heterocycles. The SMILES string of the molecule is NC(=O)C1CCN(C(=O)N2CCCC2CC(=O)O)C1. The second-order valence-electron chi connectivity index (χ2n) is 5.20. The molecule has 0 radical (unpaired) electrons. The summed E-state index contributed by atoms with van der Waals surface area (Å²) in [5.41, 5.74) is 5.24. The minimum absolute atomic E-state index is 0.0151. The summed E-state index contributed by atoms with van der Waals surface area (Å²) in [6.07, 6.45) is 2.14. The molecule has 2 fully saturated rings. The summed E-state index contributed by atoms with van der Waals surface area (Å²) >= 11 is 0. The number of urea groups is 1. The molecule has 3 amide bonds. The molecule has 2 heterocycles. The van der Waals surface area contributed by atoms with E-state index in [1.54, 1.807) is 9.80 Å². The highest BCUT2D eigenvalue weighted by Crippen LogP contribution is 2.24. The number of nitrogens with two attached hydrogens (primary N) is 1. The van der Waals surface area contributed by atoms with Crippen molar-refractivity contribution in [1.82, 2.24) is 9.80 Å². The van der Waals surface area contributed by atoms with Gasteiger partial charge in [0.25, 0.3) is 0 Å². The number of rotatable bonds is 3. The smallest absolute Gasteiger partial charge is 0.320 e. The van der Waals surface area contributed by atoms with Crippen LogP contribution in [0.1, 0.15) is 25.7 Å². The molecular formula is C12H19N3O4. The van der Waals surface area contributed by atoms with Gasteiger partial charge in [0.2, 0.25) is 5.91 Å². The lowest BCUT2D eigenvalue weighted by Gasteiger charge is -2.28. The second-order valence-corrected chi connectivity index (χ2v) is 5.20. The molecule has 0 aromatic carbocycles. The van der Waals surface area contributed by atoms with Crippen molar-refractivity contribution in [3.05, 3.63) is 0 Å². The van der Waals surface area contributed by atoms with E-state index in [0.717, 1.165) is 12.8 Å². The van der Waals surface area contributed by atoms with E-state index < -0.39 is 5.97 Å². The quantitative estimate of drug-likeness (QED) is 0.743. The first kappa shape index (κ1) is 13.6. The fourth-order valence-electron chi connectivity index (χ4n) is 2.85. The maximum Gasteiger partial charge on any atom is 0.320 e. The van der Waals surface area contributed by atoms with Crippen LogP contribution in [0.25, 0.3) is 0 Å². The lowest BCUT2D eigenvalue weighted by atomic mass is 10.1. The Hall–Kier alpha value is -1.79. The van der Waals surface area contributed by atoms with Gasteiger partial charge in [-0.1, -0.05) is 0 Å². The summed E-state index contributed by atoms with van der Waals surface area (Å²) in [7, 11) is 0. The minimum atomic E-state index is -0.888. The Morgan fingerprint density at radius 2 is 1.95 bits per heavy atom. The molecule has 0 aliphatic carbocycles. The standard InChI is InChI=1S/C12H19N3O4/c13-11(18)8-3-5-14(7-8)12(19)15-4-1-2-9(15)6-10(16)17/h8-9H,1-7H2,(H2,13,18)(H,16,17). The molecule has 19 heavy (non-hydrogen) atoms. The topological polar surface area (TPSA) is 104 Å². The van der Waals surface area contributed by atoms with Crippen molar-refractivity contribution in [2.75, 3.05) is 19.6 Å². The lowest BCUT2D eigenvalue weighted by Crippen LogP contribution is -2.45. The Morgan fingerprint density at radius 1 is 1.21 bits per heavy atom. The molecule has 7 nitrogen and oxygen atoms in total. The number of aliphatic carboxylic acids is 1. The number of hydrogen-bond acceptors (Lipinski definition) is 3. The number of amides is 3. The number of carbonyl (C=O) groups excluding carboxylic acids is 2. The third kappa shape index (κ3) is 2.97. The predicted octanol–water partition coefficient (Wildman–Crippen LogP) is -0.147. The van der Waals surface area contributed by atoms with Gasteiger partial charge in [-0.3, -0.25) is 9.59 Å². The average Bonchev–Trinajstić information content (AvgIpc) is 2.95. The number of primary amides is 1. The van der Waals surface area contributed by atoms with Gasteiger partial charge in [-0.05, 0) is 19.3 Å². The molecular weight excluding hydrogens is 250 g/mol. The van der Waals surface area contributed by atoms with E-state index in [-0.39, 0.29) is 30.3 Å². The van der Waals surface area contributed by atoms with Gasteiger partial charge in [-0.2, -0.15) is 0 Å². The normalized spacial score (nSPS) is 26.7. The fourth-order valence-corrected chi connectivity index (χ4v) is 2.85. The second kappa shape index (κ2) is 5.46. The first-order valence-electron chi connectivity index (χ1n) is 6.55. The fraction of sp³-hybridized carbons (Fsp3) is 0.750. The summed E-state index contributed by atoms with van der Waals surface area (Å²) in [5.74, 6) is -1.54. The van der Waals surface area contributed by atoms with Crippen molar-refractivity contribution in [2.45, 2.75) is 31.7 Å². The third-order valence-corrected chi connectivity index (χ3v) is 3.89. The van der Waals surface area contributed by atoms with Crippen LogP contribution in [0.3, 0.4) is 0 Å². The van der Waals surface area contributed by atoms with Crippen LogP contribution in [0.5, 0.6) is 0 Å². The molecule has 0 bridgehead atoms. The summed E-state index contributed by atoms with van der Waals surface area (Å²) in [4.78, 5) is 37.4. The van der Waals surface area contributed by atoms with Crippen LogP contribution in [0.4, 0.5) is 4.79 Å². The molecule has 7 heteroatoms. The van der Waals surface area contributed by atoms with Gasteiger partial charge in [0, 0.05) is 25.7 Å². The Kier molecular flexibility index (Phi) is 3.92. The number of carbonyl (C=O) groups is 3. The molecule has 2 atom stereocenters. The zero-order valence-electron chi connectivity index (χ0n) is 10.7. The van der Waals surface area contributed by atoms with E-state index in [1.807, 2.05) is 0 Å². The number of likely N-dealkylation sites (tertiary alicyclic amines) is 2. The van der Waals surface area contributed by atoms with Crippen molar-refractivity contribution in [3.63, 3.8) is 0 Å². The van der Waals surface area contributed by atoms with Crippen LogP contribution in [-0.4, -0.2) is 58.5 Å². The minimum Gasteiger partial charge on any atom is -0.481 e. The van der Waals surface area contributed by atoms with Crippen molar-refractivity contribution >= 4 is 17.9 Å². The molecule has 0 saturated carbocycles. The van der Waals surface area contributed by atoms with Crippen LogP contribution < -0.4 is 5.73 Å². The number of carboxylic acids is 1. The van der Waals surface area contributed by atoms with Crippen LogP contribution in [0.2, 0.25) is 0 Å². The van der Waals surface area contributed by atoms with Crippen LogP contribution in [0, 0.1) is 5.92 Å². The number of hydrogen-bond donors (Lipinski definition) is 2. The molecule has 106 valence electrons. The Morgan fingerprint density at radius 3 is 2.53 bits per heavy atom. The highest BCUT2D eigenvalue weighted by atomic mass is 16.4. The zero-order valence-corrected chi connectivity index (χ0v) is 10.7. The molecule has 3 N–H and O–H groups in total. The maximum absolute atomic E-state index is 12.3. The van der Waals surface area contributed by atoms with Crippen molar-refractivity contribution in [1.29, 1.82) is 0 Å². The first-order chi connectivity index (χ1) is 8.99. The Bertz CT molecular complexity index is 398. The van der Waals surface area contributed by atoms with E-state index >= 15 is 0 Å². The zero-order chi connectivity index (χ0) is 14.0. The van der Waals surface area contributed by atoms with Gasteiger partial charge in [0.15, 0.2) is 0 Å². The van der Waals surface area contributed by atoms with Gasteiger partial charge in [-0.25, -0.2) is 4.79 Å². The molecule has 2 aliphatic rings. The Balaban J connectivity index is 1.96. The van der Waals surface area contributed by atoms with Crippen LogP contribution in [-0.2, 0) is 9.59 Å². The molecule has 2 rings (SSSR count). The monoisotopic (exact) mass is 269 g/mol. The van der Waals surface area contributed by atoms with Gasteiger partial charge in [0.05, 0.1) is 12.3 Å². The van der Waals surface area contributed by atoms with Crippen molar-refractivity contribution < 1.29 is 19.5 Å². The maximum atomic E-state index is 12.3. The highest BCUT2D eigenvalue weighted by Gasteiger charge is 2.36. The van der Waals surface area contributed by atoms with E-state index in [1.165, 1.54) is 0 Å². The van der Waals surface area contributed by atoms with E-state index in [9.17, 15) is 14.4 Å². The van der Waals surface area contributed by atoms with Gasteiger partial charge < -0.3 is 20.6 Å². The third-order valence-electron chi connectivity index (χ3n) is 3.89. The summed E-state index contributed by atoms with van der Waals surface area (Å²) in [5, 5.41) is 8.84. The highest BCUT2D eigenvalue weighted by molar-refractivity contribution is 5.81. The van der Waals surface area contributed by atoms with Gasteiger partial charge >= 0.3 is 12.0 Å². The van der Waals surface area contributed by atoms with Crippen molar-refractivity contribution in [2.24, 2.45) is 11.7 Å². The molecule has 0 spiro atoms. The summed E-state index contributed by atoms with van der Waals surface area (Å²) < 4.78 is 0. The van der Waals surface area contributed by atoms with E-state index in [4.69, 9.17) is 10.8 Å². The van der Waals surface area contributed by atoms with E-state index in [0.29, 0.717) is 26.1 Å². The first-order valence-corrected chi connectivity index (χ1v) is 6.55. The molecule has 2 unspecified atom stereocenters. The average molecular weight is 269 g/mol. The largest absolute Gasteiger partial charge is 0.481 e. The predicted molar refractivity (Wildman–Crippen MR) is 66.3 cm³/mol. The lowest BCUT2D eigenvalue weighted by molar-refractivity contribution is -0.138. The molecule has 2 saturated heterocycles. The number of nitrogens with zero attached hydrogens (tertiary/aromatic N) is 2.